The fraction of sp³-hybridized carbons (Fsp3) is 0.667. The van der Waals surface area contributed by atoms with Gasteiger partial charge >= 0.3 is 0 Å². The van der Waals surface area contributed by atoms with Crippen molar-refractivity contribution < 1.29 is 9.90 Å². The number of amides is 1. The molecule has 2 saturated carbocycles. The topological polar surface area (TPSA) is 40.5 Å². The van der Waals surface area contributed by atoms with Crippen molar-refractivity contribution in [1.82, 2.24) is 4.90 Å². The molecule has 3 nitrogen and oxygen atoms in total. The number of aliphatic hydroxyl groups excluding tert-OH is 1. The Hall–Kier alpha value is -0.870. The van der Waals surface area contributed by atoms with Gasteiger partial charge in [0.2, 0.25) is 5.91 Å². The maximum absolute atomic E-state index is 12.3. The second-order valence-electron chi connectivity index (χ2n) is 6.11. The number of hydrogen-bond donors (Lipinski definition) is 1. The third-order valence-electron chi connectivity index (χ3n) is 4.35. The number of rotatable bonds is 4. The largest absolute Gasteiger partial charge is 0.393 e. The molecule has 2 aliphatic carbocycles. The van der Waals surface area contributed by atoms with E-state index in [4.69, 9.17) is 0 Å². The lowest BCUT2D eigenvalue weighted by molar-refractivity contribution is -0.133. The average molecular weight is 279 g/mol. The van der Waals surface area contributed by atoms with Crippen molar-refractivity contribution in [2.24, 2.45) is 11.8 Å². The maximum Gasteiger partial charge on any atom is 0.226 e. The van der Waals surface area contributed by atoms with E-state index in [0.29, 0.717) is 11.8 Å². The highest BCUT2D eigenvalue weighted by molar-refractivity contribution is 7.12. The van der Waals surface area contributed by atoms with Gasteiger partial charge in [-0.05, 0) is 44.2 Å². The molecule has 1 N–H and O–H groups in total. The van der Waals surface area contributed by atoms with Crippen LogP contribution in [0.2, 0.25) is 0 Å². The molecule has 1 aromatic heterocycles. The highest BCUT2D eigenvalue weighted by Gasteiger charge is 2.46. The Bertz CT molecular complexity index is 478. The van der Waals surface area contributed by atoms with Crippen LogP contribution in [0.3, 0.4) is 0 Å². The number of aryl methyl sites for hydroxylation is 1. The molecule has 0 radical (unpaired) electrons. The number of hydrogen-bond acceptors (Lipinski definition) is 3. The zero-order chi connectivity index (χ0) is 13.6. The van der Waals surface area contributed by atoms with Crippen LogP contribution in [0.15, 0.2) is 12.1 Å². The lowest BCUT2D eigenvalue weighted by atomic mass is 9.82. The molecular weight excluding hydrogens is 258 g/mol. The molecule has 0 spiro atoms. The molecular formula is C15H21NO2S. The third-order valence-corrected chi connectivity index (χ3v) is 5.49. The van der Waals surface area contributed by atoms with Crippen molar-refractivity contribution in [1.29, 1.82) is 0 Å². The number of aliphatic hydroxyl groups is 1. The summed E-state index contributed by atoms with van der Waals surface area (Å²) in [6.07, 6.45) is 2.60. The van der Waals surface area contributed by atoms with E-state index in [2.05, 4.69) is 19.1 Å². The van der Waals surface area contributed by atoms with E-state index in [-0.39, 0.29) is 17.9 Å². The van der Waals surface area contributed by atoms with Crippen LogP contribution >= 0.6 is 11.3 Å². The molecule has 1 heterocycles. The van der Waals surface area contributed by atoms with Crippen LogP contribution in [-0.4, -0.2) is 35.6 Å². The van der Waals surface area contributed by atoms with Gasteiger partial charge in [-0.2, -0.15) is 0 Å². The van der Waals surface area contributed by atoms with Gasteiger partial charge < -0.3 is 10.0 Å². The molecule has 1 amide bonds. The second kappa shape index (κ2) is 4.91. The van der Waals surface area contributed by atoms with E-state index in [9.17, 15) is 9.90 Å². The van der Waals surface area contributed by atoms with E-state index in [1.165, 1.54) is 9.75 Å². The van der Waals surface area contributed by atoms with Gasteiger partial charge in [-0.1, -0.05) is 0 Å². The Kier molecular flexibility index (Phi) is 3.39. The Labute approximate surface area is 118 Å². The predicted octanol–water partition coefficient (Wildman–Crippen LogP) is 2.39. The molecule has 0 unspecified atom stereocenters. The van der Waals surface area contributed by atoms with Gasteiger partial charge in [-0.15, -0.1) is 11.3 Å². The Balaban J connectivity index is 1.51. The molecule has 0 aromatic carbocycles. The predicted molar refractivity (Wildman–Crippen MR) is 76.3 cm³/mol. The lowest BCUT2D eigenvalue weighted by Gasteiger charge is -2.34. The molecule has 2 atom stereocenters. The van der Waals surface area contributed by atoms with Crippen molar-refractivity contribution in [3.05, 3.63) is 21.9 Å². The summed E-state index contributed by atoms with van der Waals surface area (Å²) >= 11 is 1.82. The van der Waals surface area contributed by atoms with E-state index in [1.807, 2.05) is 23.3 Å². The van der Waals surface area contributed by atoms with Crippen LogP contribution in [0.5, 0.6) is 0 Å². The number of carbonyl (C=O) groups excluding carboxylic acids is 1. The summed E-state index contributed by atoms with van der Waals surface area (Å²) in [7, 11) is 1.90. The summed E-state index contributed by atoms with van der Waals surface area (Å²) in [5.41, 5.74) is 0. The SMILES string of the molecule is Cc1ccc([C@@H]2C[C@@H]2C(=O)N(C)CC2CC(O)C2)s1. The van der Waals surface area contributed by atoms with E-state index in [0.717, 1.165) is 25.8 Å². The molecule has 0 aliphatic heterocycles. The van der Waals surface area contributed by atoms with Crippen molar-refractivity contribution >= 4 is 17.2 Å². The van der Waals surface area contributed by atoms with Crippen LogP contribution in [0, 0.1) is 18.8 Å². The van der Waals surface area contributed by atoms with Crippen LogP contribution in [0.1, 0.15) is 34.9 Å². The van der Waals surface area contributed by atoms with Crippen LogP contribution in [-0.2, 0) is 4.79 Å². The van der Waals surface area contributed by atoms with Gasteiger partial charge in [0.25, 0.3) is 0 Å². The Morgan fingerprint density at radius 1 is 1.42 bits per heavy atom. The van der Waals surface area contributed by atoms with E-state index < -0.39 is 0 Å². The summed E-state index contributed by atoms with van der Waals surface area (Å²) in [6.45, 7) is 2.92. The van der Waals surface area contributed by atoms with Crippen LogP contribution < -0.4 is 0 Å². The first-order valence-corrected chi connectivity index (χ1v) is 7.85. The quantitative estimate of drug-likeness (QED) is 0.919. The second-order valence-corrected chi connectivity index (χ2v) is 7.43. The minimum Gasteiger partial charge on any atom is -0.393 e. The Morgan fingerprint density at radius 2 is 2.16 bits per heavy atom. The van der Waals surface area contributed by atoms with Gasteiger partial charge in [0.1, 0.15) is 0 Å². The number of thiophene rings is 1. The van der Waals surface area contributed by atoms with Crippen LogP contribution in [0.25, 0.3) is 0 Å². The lowest BCUT2D eigenvalue weighted by Crippen LogP contribution is -2.40. The molecule has 0 saturated heterocycles. The fourth-order valence-corrected chi connectivity index (χ4v) is 4.10. The van der Waals surface area contributed by atoms with Gasteiger partial charge in [-0.3, -0.25) is 4.79 Å². The molecule has 1 aromatic rings. The third kappa shape index (κ3) is 2.70. The van der Waals surface area contributed by atoms with E-state index in [1.54, 1.807) is 0 Å². The summed E-state index contributed by atoms with van der Waals surface area (Å²) in [4.78, 5) is 16.9. The average Bonchev–Trinajstić information content (AvgIpc) is 3.02. The first kappa shape index (κ1) is 13.1. The summed E-state index contributed by atoms with van der Waals surface area (Å²) in [5, 5.41) is 9.28. The molecule has 2 aliphatic rings. The smallest absolute Gasteiger partial charge is 0.226 e. The molecule has 0 bridgehead atoms. The van der Waals surface area contributed by atoms with E-state index >= 15 is 0 Å². The van der Waals surface area contributed by atoms with Crippen molar-refractivity contribution in [3.8, 4) is 0 Å². The standard InChI is InChI=1S/C15H21NO2S/c1-9-3-4-14(19-9)12-7-13(12)15(18)16(2)8-10-5-11(17)6-10/h3-4,10-13,17H,5-8H2,1-2H3/t10?,11?,12-,13+/m1/s1. The zero-order valence-corrected chi connectivity index (χ0v) is 12.3. The first-order valence-electron chi connectivity index (χ1n) is 7.04. The fourth-order valence-electron chi connectivity index (χ4n) is 3.05. The molecule has 2 fully saturated rings. The molecule has 4 heteroatoms. The van der Waals surface area contributed by atoms with Crippen molar-refractivity contribution in [2.75, 3.05) is 13.6 Å². The summed E-state index contributed by atoms with van der Waals surface area (Å²) < 4.78 is 0. The highest BCUT2D eigenvalue weighted by atomic mass is 32.1. The molecule has 104 valence electrons. The Morgan fingerprint density at radius 3 is 2.74 bits per heavy atom. The van der Waals surface area contributed by atoms with Gasteiger partial charge in [-0.25, -0.2) is 0 Å². The van der Waals surface area contributed by atoms with Gasteiger partial charge in [0, 0.05) is 35.2 Å². The maximum atomic E-state index is 12.3. The first-order chi connectivity index (χ1) is 9.04. The zero-order valence-electron chi connectivity index (χ0n) is 11.5. The molecule has 19 heavy (non-hydrogen) atoms. The normalized spacial score (nSPS) is 32.8. The van der Waals surface area contributed by atoms with Crippen molar-refractivity contribution in [3.63, 3.8) is 0 Å². The minimum absolute atomic E-state index is 0.128. The van der Waals surface area contributed by atoms with Crippen molar-refractivity contribution in [2.45, 2.75) is 38.2 Å². The van der Waals surface area contributed by atoms with Gasteiger partial charge in [0.05, 0.1) is 6.10 Å². The number of nitrogens with zero attached hydrogens (tertiary/aromatic N) is 1. The molecule has 3 rings (SSSR count). The van der Waals surface area contributed by atoms with Gasteiger partial charge in [0.15, 0.2) is 0 Å². The summed E-state index contributed by atoms with van der Waals surface area (Å²) in [6, 6.07) is 4.31. The number of carbonyl (C=O) groups is 1. The highest BCUT2D eigenvalue weighted by Crippen LogP contribution is 2.50. The monoisotopic (exact) mass is 279 g/mol. The summed E-state index contributed by atoms with van der Waals surface area (Å²) in [5.74, 6) is 1.45. The van der Waals surface area contributed by atoms with Crippen LogP contribution in [0.4, 0.5) is 0 Å². The minimum atomic E-state index is -0.128.